The zero-order valence-electron chi connectivity index (χ0n) is 6.79. The molecule has 1 N–H and O–H groups in total. The fourth-order valence-corrected chi connectivity index (χ4v) is 1.39. The monoisotopic (exact) mass is 201 g/mol. The average molecular weight is 201 g/mol. The van der Waals surface area contributed by atoms with Crippen LogP contribution in [0, 0.1) is 0 Å². The van der Waals surface area contributed by atoms with Crippen molar-refractivity contribution in [3.8, 4) is 0 Å². The lowest BCUT2D eigenvalue weighted by atomic mass is 10.4. The summed E-state index contributed by atoms with van der Waals surface area (Å²) in [5, 5.41) is 8.61. The molecule has 1 atom stereocenters. The van der Waals surface area contributed by atoms with Crippen LogP contribution in [-0.4, -0.2) is 32.0 Å². The van der Waals surface area contributed by atoms with Crippen LogP contribution in [0.1, 0.15) is 0 Å². The Morgan fingerprint density at radius 1 is 1.69 bits per heavy atom. The van der Waals surface area contributed by atoms with Crippen LogP contribution in [0.15, 0.2) is 24.5 Å². The third-order valence-corrected chi connectivity index (χ3v) is 2.17. The van der Waals surface area contributed by atoms with Crippen molar-refractivity contribution in [2.24, 2.45) is 0 Å². The van der Waals surface area contributed by atoms with Gasteiger partial charge in [0.2, 0.25) is 0 Å². The van der Waals surface area contributed by atoms with E-state index in [1.807, 2.05) is 0 Å². The molecule has 0 amide bonds. The fourth-order valence-electron chi connectivity index (χ4n) is 0.882. The van der Waals surface area contributed by atoms with E-state index in [1.165, 1.54) is 6.20 Å². The van der Waals surface area contributed by atoms with Gasteiger partial charge in [-0.05, 0) is 12.1 Å². The summed E-state index contributed by atoms with van der Waals surface area (Å²) in [6.07, 6.45) is 2.97. The maximum Gasteiger partial charge on any atom is 0.0666 e. The summed E-state index contributed by atoms with van der Waals surface area (Å²) in [7, 11) is 0. The highest BCUT2D eigenvalue weighted by molar-refractivity contribution is 7.80. The number of anilines is 1. The van der Waals surface area contributed by atoms with Gasteiger partial charge in [0.15, 0.2) is 0 Å². The first-order valence-corrected chi connectivity index (χ1v) is 4.66. The summed E-state index contributed by atoms with van der Waals surface area (Å²) in [5.41, 5.74) is 0.449. The molecule has 0 radical (unpaired) electrons. The molecule has 0 spiro atoms. The maximum atomic E-state index is 10.7. The third kappa shape index (κ3) is 2.76. The molecular formula is C7H9N2O3S-. The number of hydrogen-bond donors (Lipinski definition) is 1. The maximum absolute atomic E-state index is 10.7. The summed E-state index contributed by atoms with van der Waals surface area (Å²) >= 11 is -2.37. The van der Waals surface area contributed by atoms with E-state index in [9.17, 15) is 8.76 Å². The second-order valence-electron chi connectivity index (χ2n) is 2.25. The van der Waals surface area contributed by atoms with Gasteiger partial charge in [-0.25, -0.2) is 0 Å². The van der Waals surface area contributed by atoms with Crippen molar-refractivity contribution in [2.45, 2.75) is 0 Å². The van der Waals surface area contributed by atoms with Crippen molar-refractivity contribution < 1.29 is 13.9 Å². The molecule has 1 unspecified atom stereocenters. The summed E-state index contributed by atoms with van der Waals surface area (Å²) in [4.78, 5) is 3.77. The van der Waals surface area contributed by atoms with Crippen LogP contribution in [0.4, 0.5) is 5.69 Å². The molecule has 0 fully saturated rings. The Morgan fingerprint density at radius 2 is 2.46 bits per heavy atom. The molecule has 6 heteroatoms. The smallest absolute Gasteiger partial charge is 0.0666 e. The zero-order valence-corrected chi connectivity index (χ0v) is 7.61. The lowest BCUT2D eigenvalue weighted by Gasteiger charge is -2.24. The van der Waals surface area contributed by atoms with Crippen LogP contribution in [0.2, 0.25) is 0 Å². The first-order chi connectivity index (χ1) is 6.25. The van der Waals surface area contributed by atoms with E-state index < -0.39 is 11.3 Å². The van der Waals surface area contributed by atoms with Gasteiger partial charge in [0.1, 0.15) is 0 Å². The van der Waals surface area contributed by atoms with Gasteiger partial charge in [0.25, 0.3) is 0 Å². The first-order valence-electron chi connectivity index (χ1n) is 3.63. The minimum absolute atomic E-state index is 0.0435. The van der Waals surface area contributed by atoms with Crippen molar-refractivity contribution in [3.05, 3.63) is 24.5 Å². The van der Waals surface area contributed by atoms with Crippen molar-refractivity contribution in [3.63, 3.8) is 0 Å². The molecule has 0 saturated carbocycles. The van der Waals surface area contributed by atoms with Crippen molar-refractivity contribution >= 4 is 17.0 Å². The number of rotatable bonds is 4. The molecule has 0 aliphatic carbocycles. The summed E-state index contributed by atoms with van der Waals surface area (Å²) in [6, 6.07) is 3.24. The van der Waals surface area contributed by atoms with Crippen molar-refractivity contribution in [1.29, 1.82) is 0 Å². The lowest BCUT2D eigenvalue weighted by Crippen LogP contribution is -2.28. The Labute approximate surface area is 78.4 Å². The molecule has 0 aliphatic heterocycles. The Hall–Kier alpha value is -0.980. The van der Waals surface area contributed by atoms with Gasteiger partial charge in [0, 0.05) is 17.5 Å². The minimum Gasteiger partial charge on any atom is -0.755 e. The van der Waals surface area contributed by atoms with Gasteiger partial charge < -0.3 is 9.66 Å². The number of aromatic nitrogens is 1. The van der Waals surface area contributed by atoms with Gasteiger partial charge in [-0.3, -0.25) is 13.5 Å². The van der Waals surface area contributed by atoms with Crippen molar-refractivity contribution in [2.75, 3.05) is 17.5 Å². The third-order valence-electron chi connectivity index (χ3n) is 1.42. The molecule has 0 aliphatic rings. The summed E-state index contributed by atoms with van der Waals surface area (Å²) in [6.45, 7) is -0.176. The van der Waals surface area contributed by atoms with E-state index in [-0.39, 0.29) is 13.2 Å². The highest BCUT2D eigenvalue weighted by Crippen LogP contribution is 2.11. The van der Waals surface area contributed by atoms with E-state index in [4.69, 9.17) is 5.11 Å². The second kappa shape index (κ2) is 4.90. The van der Waals surface area contributed by atoms with E-state index in [1.54, 1.807) is 18.3 Å². The molecule has 1 aromatic heterocycles. The van der Waals surface area contributed by atoms with Gasteiger partial charge in [-0.15, -0.1) is 0 Å². The molecule has 5 nitrogen and oxygen atoms in total. The molecule has 1 heterocycles. The molecule has 0 saturated heterocycles. The SMILES string of the molecule is O=S([O-])N(CCO)c1cccnc1. The van der Waals surface area contributed by atoms with Crippen LogP contribution in [0.25, 0.3) is 0 Å². The predicted molar refractivity (Wildman–Crippen MR) is 47.6 cm³/mol. The Balaban J connectivity index is 2.82. The van der Waals surface area contributed by atoms with Gasteiger partial charge >= 0.3 is 0 Å². The second-order valence-corrected chi connectivity index (χ2v) is 3.13. The Morgan fingerprint density at radius 3 is 2.92 bits per heavy atom. The number of pyridine rings is 1. The molecule has 72 valence electrons. The van der Waals surface area contributed by atoms with Crippen LogP contribution in [0.3, 0.4) is 0 Å². The number of aliphatic hydroxyl groups is 1. The minimum atomic E-state index is -2.37. The van der Waals surface area contributed by atoms with Crippen LogP contribution in [-0.2, 0) is 11.3 Å². The van der Waals surface area contributed by atoms with Crippen molar-refractivity contribution in [1.82, 2.24) is 4.98 Å². The molecule has 1 rings (SSSR count). The van der Waals surface area contributed by atoms with Gasteiger partial charge in [-0.1, -0.05) is 0 Å². The Bertz CT molecular complexity index is 280. The quantitative estimate of drug-likeness (QED) is 0.677. The molecule has 1 aromatic rings. The van der Waals surface area contributed by atoms with E-state index in [2.05, 4.69) is 4.98 Å². The van der Waals surface area contributed by atoms with Gasteiger partial charge in [0.05, 0.1) is 25.0 Å². The van der Waals surface area contributed by atoms with Crippen LogP contribution >= 0.6 is 0 Å². The molecule has 13 heavy (non-hydrogen) atoms. The van der Waals surface area contributed by atoms with Crippen LogP contribution < -0.4 is 4.31 Å². The summed E-state index contributed by atoms with van der Waals surface area (Å²) in [5.74, 6) is 0. The standard InChI is InChI=1S/C7H10N2O3S/c10-5-4-9(13(11)12)7-2-1-3-8-6-7/h1-3,6,10H,4-5H2,(H,11,12)/p-1. The largest absolute Gasteiger partial charge is 0.755 e. The zero-order chi connectivity index (χ0) is 9.68. The van der Waals surface area contributed by atoms with E-state index in [0.717, 1.165) is 4.31 Å². The average Bonchev–Trinajstić information content (AvgIpc) is 2.15. The fraction of sp³-hybridized carbons (Fsp3) is 0.286. The normalized spacial score (nSPS) is 12.5. The topological polar surface area (TPSA) is 76.5 Å². The first kappa shape index (κ1) is 10.1. The van der Waals surface area contributed by atoms with Gasteiger partial charge in [-0.2, -0.15) is 0 Å². The number of aliphatic hydroxyl groups excluding tert-OH is 1. The number of nitrogens with zero attached hydrogens (tertiary/aromatic N) is 2. The highest BCUT2D eigenvalue weighted by atomic mass is 32.2. The Kier molecular flexibility index (Phi) is 3.81. The van der Waals surface area contributed by atoms with E-state index in [0.29, 0.717) is 5.69 Å². The molecule has 0 bridgehead atoms. The lowest BCUT2D eigenvalue weighted by molar-refractivity contribution is 0.306. The van der Waals surface area contributed by atoms with Crippen LogP contribution in [0.5, 0.6) is 0 Å². The van der Waals surface area contributed by atoms with E-state index >= 15 is 0 Å². The predicted octanol–water partition coefficient (Wildman–Crippen LogP) is -0.326. The molecular weight excluding hydrogens is 192 g/mol. The number of hydrogen-bond acceptors (Lipinski definition) is 4. The highest BCUT2D eigenvalue weighted by Gasteiger charge is 2.04. The summed E-state index contributed by atoms with van der Waals surface area (Å²) < 4.78 is 22.4. The molecule has 0 aromatic carbocycles.